The van der Waals surface area contributed by atoms with E-state index in [4.69, 9.17) is 4.74 Å². The van der Waals surface area contributed by atoms with E-state index in [1.165, 1.54) is 12.1 Å². The van der Waals surface area contributed by atoms with E-state index in [-0.39, 0.29) is 36.4 Å². The van der Waals surface area contributed by atoms with E-state index in [1.807, 2.05) is 13.8 Å². The fourth-order valence-electron chi connectivity index (χ4n) is 2.87. The SMILES string of the molecule is CCOC(=O)CN(CC(C)C)S(=O)(=O)c1ccc(N2CCCC2=O)cc1. The van der Waals surface area contributed by atoms with Crippen molar-refractivity contribution >= 4 is 27.6 Å². The predicted octanol–water partition coefficient (Wildman–Crippen LogP) is 2.02. The lowest BCUT2D eigenvalue weighted by Crippen LogP contribution is -2.38. The van der Waals surface area contributed by atoms with E-state index in [1.54, 1.807) is 24.0 Å². The highest BCUT2D eigenvalue weighted by Crippen LogP contribution is 2.24. The first-order valence-electron chi connectivity index (χ1n) is 8.82. The Kier molecular flexibility index (Phi) is 6.77. The van der Waals surface area contributed by atoms with Gasteiger partial charge in [-0.05, 0) is 43.5 Å². The number of rotatable bonds is 8. The van der Waals surface area contributed by atoms with Gasteiger partial charge in [0.25, 0.3) is 0 Å². The molecule has 0 saturated carbocycles. The first-order chi connectivity index (χ1) is 12.3. The van der Waals surface area contributed by atoms with Crippen molar-refractivity contribution in [2.24, 2.45) is 5.92 Å². The Morgan fingerprint density at radius 1 is 1.27 bits per heavy atom. The molecule has 0 unspecified atom stereocenters. The summed E-state index contributed by atoms with van der Waals surface area (Å²) >= 11 is 0. The zero-order chi connectivity index (χ0) is 19.3. The number of anilines is 1. The maximum atomic E-state index is 12.9. The Morgan fingerprint density at radius 2 is 1.92 bits per heavy atom. The number of carbonyl (C=O) groups is 2. The van der Waals surface area contributed by atoms with Crippen LogP contribution >= 0.6 is 0 Å². The molecule has 1 amide bonds. The summed E-state index contributed by atoms with van der Waals surface area (Å²) in [7, 11) is -3.83. The van der Waals surface area contributed by atoms with Crippen LogP contribution < -0.4 is 4.90 Å². The minimum atomic E-state index is -3.83. The Labute approximate surface area is 155 Å². The third kappa shape index (κ3) is 4.82. The number of nitrogens with zero attached hydrogens (tertiary/aromatic N) is 2. The van der Waals surface area contributed by atoms with Gasteiger partial charge in [0.15, 0.2) is 0 Å². The fraction of sp³-hybridized carbons (Fsp3) is 0.556. The zero-order valence-corrected chi connectivity index (χ0v) is 16.3. The lowest BCUT2D eigenvalue weighted by molar-refractivity contribution is -0.143. The summed E-state index contributed by atoms with van der Waals surface area (Å²) in [4.78, 5) is 25.4. The molecule has 1 aromatic carbocycles. The second kappa shape index (κ2) is 8.64. The van der Waals surface area contributed by atoms with Crippen LogP contribution in [-0.2, 0) is 24.3 Å². The molecule has 1 fully saturated rings. The maximum Gasteiger partial charge on any atom is 0.321 e. The summed E-state index contributed by atoms with van der Waals surface area (Å²) < 4.78 is 31.9. The van der Waals surface area contributed by atoms with Gasteiger partial charge in [0.1, 0.15) is 6.54 Å². The number of amides is 1. The molecule has 1 aromatic rings. The largest absolute Gasteiger partial charge is 0.465 e. The monoisotopic (exact) mass is 382 g/mol. The van der Waals surface area contributed by atoms with Gasteiger partial charge in [0.2, 0.25) is 15.9 Å². The number of sulfonamides is 1. The summed E-state index contributed by atoms with van der Waals surface area (Å²) in [5, 5.41) is 0. The first-order valence-corrected chi connectivity index (χ1v) is 10.3. The van der Waals surface area contributed by atoms with E-state index in [0.29, 0.717) is 18.7 Å². The summed E-state index contributed by atoms with van der Waals surface area (Å²) in [6.07, 6.45) is 1.32. The summed E-state index contributed by atoms with van der Waals surface area (Å²) in [6, 6.07) is 6.23. The Balaban J connectivity index is 2.24. The molecule has 0 radical (unpaired) electrons. The van der Waals surface area contributed by atoms with E-state index in [2.05, 4.69) is 0 Å². The number of esters is 1. The lowest BCUT2D eigenvalue weighted by Gasteiger charge is -2.23. The van der Waals surface area contributed by atoms with Crippen molar-refractivity contribution in [3.63, 3.8) is 0 Å². The highest BCUT2D eigenvalue weighted by Gasteiger charge is 2.28. The molecular weight excluding hydrogens is 356 g/mol. The van der Waals surface area contributed by atoms with Crippen LogP contribution in [0.1, 0.15) is 33.6 Å². The van der Waals surface area contributed by atoms with Crippen LogP contribution in [0.2, 0.25) is 0 Å². The molecule has 0 N–H and O–H groups in total. The molecule has 26 heavy (non-hydrogen) atoms. The van der Waals surface area contributed by atoms with Gasteiger partial charge in [0.05, 0.1) is 11.5 Å². The Morgan fingerprint density at radius 3 is 2.42 bits per heavy atom. The molecule has 2 rings (SSSR count). The van der Waals surface area contributed by atoms with Crippen molar-refractivity contribution in [3.8, 4) is 0 Å². The summed E-state index contributed by atoms with van der Waals surface area (Å²) in [5.41, 5.74) is 0.687. The molecular formula is C18H26N2O5S. The molecule has 0 aliphatic carbocycles. The van der Waals surface area contributed by atoms with Gasteiger partial charge in [-0.15, -0.1) is 0 Å². The smallest absolute Gasteiger partial charge is 0.321 e. The second-order valence-corrected chi connectivity index (χ2v) is 8.58. The highest BCUT2D eigenvalue weighted by atomic mass is 32.2. The third-order valence-electron chi connectivity index (χ3n) is 4.04. The topological polar surface area (TPSA) is 84.0 Å². The molecule has 0 atom stereocenters. The number of ether oxygens (including phenoxy) is 1. The van der Waals surface area contributed by atoms with Crippen molar-refractivity contribution in [2.45, 2.75) is 38.5 Å². The van der Waals surface area contributed by atoms with Gasteiger partial charge in [-0.1, -0.05) is 13.8 Å². The van der Waals surface area contributed by atoms with Crippen LogP contribution in [0.25, 0.3) is 0 Å². The van der Waals surface area contributed by atoms with Gasteiger partial charge < -0.3 is 9.64 Å². The van der Waals surface area contributed by atoms with Crippen LogP contribution in [0.15, 0.2) is 29.2 Å². The first kappa shape index (κ1) is 20.4. The van der Waals surface area contributed by atoms with Gasteiger partial charge >= 0.3 is 5.97 Å². The molecule has 0 bridgehead atoms. The van der Waals surface area contributed by atoms with Crippen molar-refractivity contribution < 1.29 is 22.7 Å². The van der Waals surface area contributed by atoms with Gasteiger partial charge in [-0.2, -0.15) is 4.31 Å². The third-order valence-corrected chi connectivity index (χ3v) is 5.87. The predicted molar refractivity (Wildman–Crippen MR) is 98.3 cm³/mol. The molecule has 7 nitrogen and oxygen atoms in total. The van der Waals surface area contributed by atoms with Crippen molar-refractivity contribution in [1.82, 2.24) is 4.31 Å². The summed E-state index contributed by atoms with van der Waals surface area (Å²) in [6.45, 7) is 6.19. The van der Waals surface area contributed by atoms with Crippen molar-refractivity contribution in [2.75, 3.05) is 31.1 Å². The second-order valence-electron chi connectivity index (χ2n) is 6.64. The lowest BCUT2D eigenvalue weighted by atomic mass is 10.2. The van der Waals surface area contributed by atoms with Gasteiger partial charge in [-0.25, -0.2) is 8.42 Å². The highest BCUT2D eigenvalue weighted by molar-refractivity contribution is 7.89. The van der Waals surface area contributed by atoms with Gasteiger partial charge in [-0.3, -0.25) is 9.59 Å². The Hall–Kier alpha value is -1.93. The van der Waals surface area contributed by atoms with Crippen LogP contribution in [0.5, 0.6) is 0 Å². The normalized spacial score (nSPS) is 15.1. The number of carbonyl (C=O) groups excluding carboxylic acids is 2. The average Bonchev–Trinajstić information content (AvgIpc) is 3.00. The average molecular weight is 382 g/mol. The molecule has 8 heteroatoms. The number of hydrogen-bond acceptors (Lipinski definition) is 5. The number of benzene rings is 1. The minimum absolute atomic E-state index is 0.0457. The van der Waals surface area contributed by atoms with Crippen molar-refractivity contribution in [3.05, 3.63) is 24.3 Å². The molecule has 144 valence electrons. The summed E-state index contributed by atoms with van der Waals surface area (Å²) in [5.74, 6) is -0.471. The van der Waals surface area contributed by atoms with Crippen LogP contribution in [0.4, 0.5) is 5.69 Å². The van der Waals surface area contributed by atoms with Crippen LogP contribution in [0, 0.1) is 5.92 Å². The van der Waals surface area contributed by atoms with E-state index in [9.17, 15) is 18.0 Å². The maximum absolute atomic E-state index is 12.9. The van der Waals surface area contributed by atoms with E-state index >= 15 is 0 Å². The fourth-order valence-corrected chi connectivity index (χ4v) is 4.42. The van der Waals surface area contributed by atoms with Crippen molar-refractivity contribution in [1.29, 1.82) is 0 Å². The van der Waals surface area contributed by atoms with E-state index in [0.717, 1.165) is 10.7 Å². The standard InChI is InChI=1S/C18H26N2O5S/c1-4-25-18(22)13-19(12-14(2)3)26(23,24)16-9-7-15(8-10-16)20-11-5-6-17(20)21/h7-10,14H,4-6,11-13H2,1-3H3. The molecule has 1 aliphatic rings. The Bertz CT molecular complexity index is 743. The quantitative estimate of drug-likeness (QED) is 0.642. The molecule has 0 spiro atoms. The van der Waals surface area contributed by atoms with Crippen LogP contribution in [-0.4, -0.2) is 50.8 Å². The van der Waals surface area contributed by atoms with E-state index < -0.39 is 16.0 Å². The molecule has 1 heterocycles. The molecule has 1 saturated heterocycles. The molecule has 0 aromatic heterocycles. The molecule has 1 aliphatic heterocycles. The minimum Gasteiger partial charge on any atom is -0.465 e. The zero-order valence-electron chi connectivity index (χ0n) is 15.5. The van der Waals surface area contributed by atoms with Crippen LogP contribution in [0.3, 0.4) is 0 Å². The number of hydrogen-bond donors (Lipinski definition) is 0. The van der Waals surface area contributed by atoms with Gasteiger partial charge in [0, 0.05) is 25.2 Å².